The largest absolute Gasteiger partial charge is 0.486 e. The second-order valence-electron chi connectivity index (χ2n) is 5.99. The fourth-order valence-corrected chi connectivity index (χ4v) is 2.74. The first-order valence-corrected chi connectivity index (χ1v) is 7.78. The number of hydrogen-bond donors (Lipinski definition) is 0. The number of ether oxygens (including phenoxy) is 3. The van der Waals surface area contributed by atoms with Crippen LogP contribution in [0.5, 0.6) is 11.5 Å². The van der Waals surface area contributed by atoms with E-state index in [0.717, 1.165) is 11.1 Å². The van der Waals surface area contributed by atoms with Gasteiger partial charge >= 0.3 is 5.97 Å². The summed E-state index contributed by atoms with van der Waals surface area (Å²) in [6.45, 7) is 1.94. The van der Waals surface area contributed by atoms with Gasteiger partial charge in [-0.1, -0.05) is 30.3 Å². The molecule has 0 radical (unpaired) electrons. The zero-order chi connectivity index (χ0) is 17.2. The van der Waals surface area contributed by atoms with Crippen molar-refractivity contribution in [2.24, 2.45) is 0 Å². The average Bonchev–Trinajstić information content (AvgIpc) is 2.60. The van der Waals surface area contributed by atoms with Crippen LogP contribution in [0.3, 0.4) is 0 Å². The molecule has 2 aromatic rings. The SMILES string of the molecule is COC(=O)C1(C)CCc2cc(OCc3ccccc3)c(F)cc2O1. The fraction of sp³-hybridized carbons (Fsp3) is 0.316. The lowest BCUT2D eigenvalue weighted by atomic mass is 9.92. The van der Waals surface area contributed by atoms with Crippen LogP contribution >= 0.6 is 0 Å². The second-order valence-corrected chi connectivity index (χ2v) is 5.99. The van der Waals surface area contributed by atoms with Crippen LogP contribution in [-0.4, -0.2) is 18.7 Å². The molecule has 0 amide bonds. The molecule has 0 saturated heterocycles. The van der Waals surface area contributed by atoms with Gasteiger partial charge in [-0.3, -0.25) is 0 Å². The van der Waals surface area contributed by atoms with Gasteiger partial charge in [-0.25, -0.2) is 9.18 Å². The number of hydrogen-bond acceptors (Lipinski definition) is 4. The minimum atomic E-state index is -1.08. The molecule has 1 unspecified atom stereocenters. The van der Waals surface area contributed by atoms with Gasteiger partial charge in [0.1, 0.15) is 12.4 Å². The number of esters is 1. The van der Waals surface area contributed by atoms with Gasteiger partial charge in [0.15, 0.2) is 11.6 Å². The first-order valence-electron chi connectivity index (χ1n) is 7.78. The number of methoxy groups -OCH3 is 1. The maximum absolute atomic E-state index is 14.3. The summed E-state index contributed by atoms with van der Waals surface area (Å²) in [5, 5.41) is 0. The van der Waals surface area contributed by atoms with Crippen molar-refractivity contribution in [3.63, 3.8) is 0 Å². The maximum atomic E-state index is 14.3. The van der Waals surface area contributed by atoms with Crippen LogP contribution in [0.2, 0.25) is 0 Å². The van der Waals surface area contributed by atoms with Crippen LogP contribution in [0.1, 0.15) is 24.5 Å². The lowest BCUT2D eigenvalue weighted by molar-refractivity contribution is -0.159. The minimum absolute atomic E-state index is 0.183. The summed E-state index contributed by atoms with van der Waals surface area (Å²) in [6.07, 6.45) is 1.05. The predicted octanol–water partition coefficient (Wildman–Crippen LogP) is 3.66. The Morgan fingerprint density at radius 3 is 2.75 bits per heavy atom. The summed E-state index contributed by atoms with van der Waals surface area (Å²) in [7, 11) is 1.31. The lowest BCUT2D eigenvalue weighted by Gasteiger charge is -2.33. The predicted molar refractivity (Wildman–Crippen MR) is 86.5 cm³/mol. The molecule has 0 saturated carbocycles. The smallest absolute Gasteiger partial charge is 0.349 e. The summed E-state index contributed by atoms with van der Waals surface area (Å²) in [6, 6.07) is 12.5. The van der Waals surface area contributed by atoms with Crippen LogP contribution < -0.4 is 9.47 Å². The minimum Gasteiger partial charge on any atom is -0.486 e. The molecule has 5 heteroatoms. The van der Waals surface area contributed by atoms with Gasteiger partial charge < -0.3 is 14.2 Å². The van der Waals surface area contributed by atoms with Crippen LogP contribution in [0.25, 0.3) is 0 Å². The summed E-state index contributed by atoms with van der Waals surface area (Å²) in [5.41, 5.74) is 0.700. The summed E-state index contributed by atoms with van der Waals surface area (Å²) >= 11 is 0. The Kier molecular flexibility index (Phi) is 4.42. The number of rotatable bonds is 4. The van der Waals surface area contributed by atoms with Crippen molar-refractivity contribution in [3.05, 3.63) is 59.4 Å². The van der Waals surface area contributed by atoms with Crippen molar-refractivity contribution in [2.45, 2.75) is 32.0 Å². The van der Waals surface area contributed by atoms with Gasteiger partial charge in [0.2, 0.25) is 5.60 Å². The van der Waals surface area contributed by atoms with Crippen molar-refractivity contribution in [3.8, 4) is 11.5 Å². The maximum Gasteiger partial charge on any atom is 0.349 e. The first-order chi connectivity index (χ1) is 11.5. The van der Waals surface area contributed by atoms with E-state index in [9.17, 15) is 9.18 Å². The number of aryl methyl sites for hydroxylation is 1. The quantitative estimate of drug-likeness (QED) is 0.803. The Balaban J connectivity index is 1.78. The van der Waals surface area contributed by atoms with E-state index in [1.54, 1.807) is 13.0 Å². The standard InChI is InChI=1S/C19H19FO4/c1-19(18(21)22-2)9-8-14-10-17(15(20)11-16(14)24-19)23-12-13-6-4-3-5-7-13/h3-7,10-11H,8-9,12H2,1-2H3. The molecule has 1 aliphatic rings. The molecule has 1 heterocycles. The molecule has 0 bridgehead atoms. The molecular weight excluding hydrogens is 311 g/mol. The molecule has 0 aliphatic carbocycles. The molecule has 126 valence electrons. The highest BCUT2D eigenvalue weighted by molar-refractivity contribution is 5.80. The third-order valence-corrected chi connectivity index (χ3v) is 4.18. The van der Waals surface area contributed by atoms with Crippen molar-refractivity contribution < 1.29 is 23.4 Å². The Morgan fingerprint density at radius 1 is 1.29 bits per heavy atom. The van der Waals surface area contributed by atoms with E-state index < -0.39 is 17.4 Å². The molecule has 4 nitrogen and oxygen atoms in total. The third kappa shape index (κ3) is 3.20. The molecular formula is C19H19FO4. The van der Waals surface area contributed by atoms with Crippen LogP contribution in [0.4, 0.5) is 4.39 Å². The van der Waals surface area contributed by atoms with E-state index in [1.165, 1.54) is 13.2 Å². The van der Waals surface area contributed by atoms with E-state index in [1.807, 2.05) is 30.3 Å². The first kappa shape index (κ1) is 16.3. The summed E-state index contributed by atoms with van der Waals surface area (Å²) in [5.74, 6) is -0.432. The normalized spacial score (nSPS) is 19.1. The topological polar surface area (TPSA) is 44.8 Å². The van der Waals surface area contributed by atoms with Gasteiger partial charge in [-0.15, -0.1) is 0 Å². The molecule has 0 N–H and O–H groups in total. The van der Waals surface area contributed by atoms with Gasteiger partial charge in [0.05, 0.1) is 7.11 Å². The molecule has 2 aromatic carbocycles. The Bertz CT molecular complexity index is 745. The summed E-state index contributed by atoms with van der Waals surface area (Å²) < 4.78 is 30.3. The van der Waals surface area contributed by atoms with E-state index >= 15 is 0 Å². The van der Waals surface area contributed by atoms with Crippen molar-refractivity contribution in [1.29, 1.82) is 0 Å². The van der Waals surface area contributed by atoms with Crippen LogP contribution in [-0.2, 0) is 22.6 Å². The number of halogens is 1. The van der Waals surface area contributed by atoms with Crippen LogP contribution in [0, 0.1) is 5.82 Å². The van der Waals surface area contributed by atoms with Gasteiger partial charge in [0, 0.05) is 12.5 Å². The van der Waals surface area contributed by atoms with Crippen molar-refractivity contribution >= 4 is 5.97 Å². The molecule has 1 atom stereocenters. The van der Waals surface area contributed by atoms with Crippen LogP contribution in [0.15, 0.2) is 42.5 Å². The average molecular weight is 330 g/mol. The molecule has 0 aromatic heterocycles. The van der Waals surface area contributed by atoms with Gasteiger partial charge in [-0.05, 0) is 30.5 Å². The molecule has 1 aliphatic heterocycles. The number of carbonyl (C=O) groups excluding carboxylic acids is 1. The highest BCUT2D eigenvalue weighted by Gasteiger charge is 2.40. The van der Waals surface area contributed by atoms with Gasteiger partial charge in [0.25, 0.3) is 0 Å². The Morgan fingerprint density at radius 2 is 2.04 bits per heavy atom. The van der Waals surface area contributed by atoms with E-state index in [2.05, 4.69) is 0 Å². The highest BCUT2D eigenvalue weighted by atomic mass is 19.1. The zero-order valence-corrected chi connectivity index (χ0v) is 13.7. The Hall–Kier alpha value is -2.56. The van der Waals surface area contributed by atoms with E-state index in [-0.39, 0.29) is 12.4 Å². The number of carbonyl (C=O) groups is 1. The van der Waals surface area contributed by atoms with Crippen molar-refractivity contribution in [2.75, 3.05) is 7.11 Å². The van der Waals surface area contributed by atoms with E-state index in [4.69, 9.17) is 14.2 Å². The Labute approximate surface area is 140 Å². The molecule has 0 fully saturated rings. The number of fused-ring (bicyclic) bond motifs is 1. The monoisotopic (exact) mass is 330 g/mol. The molecule has 3 rings (SSSR count). The second kappa shape index (κ2) is 6.51. The highest BCUT2D eigenvalue weighted by Crippen LogP contribution is 2.37. The third-order valence-electron chi connectivity index (χ3n) is 4.18. The van der Waals surface area contributed by atoms with Crippen molar-refractivity contribution in [1.82, 2.24) is 0 Å². The van der Waals surface area contributed by atoms with E-state index in [0.29, 0.717) is 18.6 Å². The van der Waals surface area contributed by atoms with Gasteiger partial charge in [-0.2, -0.15) is 0 Å². The molecule has 0 spiro atoms. The number of benzene rings is 2. The zero-order valence-electron chi connectivity index (χ0n) is 13.7. The fourth-order valence-electron chi connectivity index (χ4n) is 2.74. The summed E-state index contributed by atoms with van der Waals surface area (Å²) in [4.78, 5) is 11.8. The lowest BCUT2D eigenvalue weighted by Crippen LogP contribution is -2.45. The molecule has 24 heavy (non-hydrogen) atoms.